The van der Waals surface area contributed by atoms with Crippen LogP contribution in [0.15, 0.2) is 60.7 Å². The zero-order chi connectivity index (χ0) is 17.6. The Morgan fingerprint density at radius 3 is 1.29 bits per heavy atom. The lowest BCUT2D eigenvalue weighted by Gasteiger charge is -2.02. The van der Waals surface area contributed by atoms with Gasteiger partial charge < -0.3 is 0 Å². The van der Waals surface area contributed by atoms with Crippen LogP contribution in [0.1, 0.15) is 60.2 Å². The van der Waals surface area contributed by atoms with Gasteiger partial charge in [-0.1, -0.05) is 75.9 Å². The molecule has 2 aromatic carbocycles. The molecule has 0 radical (unpaired) electrons. The highest BCUT2D eigenvalue weighted by Crippen LogP contribution is 2.05. The fourth-order valence-electron chi connectivity index (χ4n) is 1.82. The number of rotatable bonds is 5. The minimum atomic E-state index is -0.708. The molecule has 4 heteroatoms. The van der Waals surface area contributed by atoms with E-state index in [1.807, 2.05) is 0 Å². The Balaban J connectivity index is 0.000000413. The normalized spacial score (nSPS) is 9.42. The molecule has 0 unspecified atom stereocenters. The second kappa shape index (κ2) is 11.9. The third-order valence-electron chi connectivity index (χ3n) is 3.17. The Morgan fingerprint density at radius 2 is 1.00 bits per heavy atom. The van der Waals surface area contributed by atoms with E-state index in [1.165, 1.54) is 25.7 Å². The molecular weight excluding hydrogens is 304 g/mol. The molecule has 0 atom stereocenters. The van der Waals surface area contributed by atoms with E-state index >= 15 is 0 Å². The van der Waals surface area contributed by atoms with E-state index in [1.54, 1.807) is 60.7 Å². The predicted molar refractivity (Wildman–Crippen MR) is 93.5 cm³/mol. The van der Waals surface area contributed by atoms with Gasteiger partial charge in [-0.05, 0) is 24.3 Å². The largest absolute Gasteiger partial charge is 0.386 e. The number of carbonyl (C=O) groups is 2. The van der Waals surface area contributed by atoms with E-state index in [2.05, 4.69) is 23.6 Å². The molecule has 0 heterocycles. The van der Waals surface area contributed by atoms with Gasteiger partial charge in [0, 0.05) is 0 Å². The number of carbonyl (C=O) groups excluding carboxylic acids is 2. The van der Waals surface area contributed by atoms with Gasteiger partial charge in [-0.15, -0.1) is 0 Å². The molecule has 0 saturated heterocycles. The fourth-order valence-corrected chi connectivity index (χ4v) is 1.82. The van der Waals surface area contributed by atoms with Crippen LogP contribution in [0.5, 0.6) is 0 Å². The van der Waals surface area contributed by atoms with Crippen LogP contribution in [0.4, 0.5) is 0 Å². The summed E-state index contributed by atoms with van der Waals surface area (Å²) in [5, 5.41) is 0. The van der Waals surface area contributed by atoms with Crippen molar-refractivity contribution in [1.29, 1.82) is 0 Å². The van der Waals surface area contributed by atoms with Crippen LogP contribution in [-0.2, 0) is 9.78 Å². The maximum atomic E-state index is 11.5. The number of hydrogen-bond donors (Lipinski definition) is 0. The molecule has 24 heavy (non-hydrogen) atoms. The lowest BCUT2D eigenvalue weighted by Crippen LogP contribution is -2.11. The smallest absolute Gasteiger partial charge is 0.242 e. The topological polar surface area (TPSA) is 52.6 Å². The predicted octanol–water partition coefficient (Wildman–Crippen LogP) is 5.20. The average molecular weight is 328 g/mol. The molecule has 0 aromatic heterocycles. The van der Waals surface area contributed by atoms with Crippen molar-refractivity contribution in [2.24, 2.45) is 0 Å². The second-order valence-corrected chi connectivity index (χ2v) is 5.18. The van der Waals surface area contributed by atoms with Crippen LogP contribution in [-0.4, -0.2) is 11.9 Å². The summed E-state index contributed by atoms with van der Waals surface area (Å²) < 4.78 is 0. The number of hydrogen-bond acceptors (Lipinski definition) is 4. The lowest BCUT2D eigenvalue weighted by molar-refractivity contribution is -0.187. The first kappa shape index (κ1) is 19.4. The maximum absolute atomic E-state index is 11.5. The molecule has 0 aliphatic heterocycles. The van der Waals surface area contributed by atoms with Crippen molar-refractivity contribution >= 4 is 11.9 Å². The van der Waals surface area contributed by atoms with Crippen LogP contribution in [0.2, 0.25) is 0 Å². The summed E-state index contributed by atoms with van der Waals surface area (Å²) in [5.74, 6) is -1.42. The molecular formula is C20H24O4. The summed E-state index contributed by atoms with van der Waals surface area (Å²) in [6, 6.07) is 16.6. The van der Waals surface area contributed by atoms with Gasteiger partial charge in [0.1, 0.15) is 0 Å². The van der Waals surface area contributed by atoms with Crippen molar-refractivity contribution in [3.05, 3.63) is 71.8 Å². The monoisotopic (exact) mass is 328 g/mol. The van der Waals surface area contributed by atoms with E-state index in [0.29, 0.717) is 11.1 Å². The molecule has 0 N–H and O–H groups in total. The first-order chi connectivity index (χ1) is 11.7. The quantitative estimate of drug-likeness (QED) is 0.430. The van der Waals surface area contributed by atoms with Crippen molar-refractivity contribution in [3.63, 3.8) is 0 Å². The highest BCUT2D eigenvalue weighted by atomic mass is 17.2. The molecule has 128 valence electrons. The highest BCUT2D eigenvalue weighted by Gasteiger charge is 2.12. The van der Waals surface area contributed by atoms with Crippen LogP contribution in [0.25, 0.3) is 0 Å². The standard InChI is InChI=1S/C14H10O4.C6H14/c15-13(11-7-3-1-4-8-11)17-18-14(16)12-9-5-2-6-10-12;1-3-5-6-4-2/h1-10H;3-6H2,1-2H3. The highest BCUT2D eigenvalue weighted by molar-refractivity contribution is 5.92. The van der Waals surface area contributed by atoms with E-state index in [4.69, 9.17) is 0 Å². The van der Waals surface area contributed by atoms with Gasteiger partial charge in [0.2, 0.25) is 0 Å². The molecule has 2 aromatic rings. The SMILES string of the molecule is CCCCCC.O=C(OOC(=O)c1ccccc1)c1ccccc1. The molecule has 0 aliphatic rings. The summed E-state index contributed by atoms with van der Waals surface area (Å²) in [6.07, 6.45) is 5.54. The van der Waals surface area contributed by atoms with Gasteiger partial charge >= 0.3 is 11.9 Å². The van der Waals surface area contributed by atoms with E-state index in [0.717, 1.165) is 0 Å². The van der Waals surface area contributed by atoms with Gasteiger partial charge in [-0.2, -0.15) is 0 Å². The van der Waals surface area contributed by atoms with E-state index in [9.17, 15) is 9.59 Å². The zero-order valence-corrected chi connectivity index (χ0v) is 14.2. The summed E-state index contributed by atoms with van der Waals surface area (Å²) in [5.41, 5.74) is 0.636. The summed E-state index contributed by atoms with van der Waals surface area (Å²) >= 11 is 0. The van der Waals surface area contributed by atoms with Crippen molar-refractivity contribution < 1.29 is 19.4 Å². The Bertz CT molecular complexity index is 538. The first-order valence-electron chi connectivity index (χ1n) is 8.22. The minimum absolute atomic E-state index is 0.318. The van der Waals surface area contributed by atoms with Crippen molar-refractivity contribution in [2.75, 3.05) is 0 Å². The van der Waals surface area contributed by atoms with Crippen LogP contribution >= 0.6 is 0 Å². The molecule has 0 aliphatic carbocycles. The third-order valence-corrected chi connectivity index (χ3v) is 3.17. The van der Waals surface area contributed by atoms with Gasteiger partial charge in [-0.25, -0.2) is 19.4 Å². The molecule has 0 spiro atoms. The number of benzene rings is 2. The average Bonchev–Trinajstić information content (AvgIpc) is 2.66. The van der Waals surface area contributed by atoms with Crippen molar-refractivity contribution in [2.45, 2.75) is 39.5 Å². The lowest BCUT2D eigenvalue weighted by atomic mass is 10.2. The molecule has 0 bridgehead atoms. The van der Waals surface area contributed by atoms with Crippen LogP contribution < -0.4 is 0 Å². The van der Waals surface area contributed by atoms with Gasteiger partial charge in [0.25, 0.3) is 0 Å². The van der Waals surface area contributed by atoms with E-state index < -0.39 is 11.9 Å². The van der Waals surface area contributed by atoms with Crippen LogP contribution in [0, 0.1) is 0 Å². The zero-order valence-electron chi connectivity index (χ0n) is 14.2. The molecule has 2 rings (SSSR count). The van der Waals surface area contributed by atoms with Gasteiger partial charge in [-0.3, -0.25) is 0 Å². The Morgan fingerprint density at radius 1 is 0.667 bits per heavy atom. The molecule has 0 fully saturated rings. The number of unbranched alkanes of at least 4 members (excludes halogenated alkanes) is 3. The minimum Gasteiger partial charge on any atom is -0.242 e. The summed E-state index contributed by atoms with van der Waals surface area (Å²) in [6.45, 7) is 4.46. The van der Waals surface area contributed by atoms with Gasteiger partial charge in [0.15, 0.2) is 0 Å². The summed E-state index contributed by atoms with van der Waals surface area (Å²) in [7, 11) is 0. The first-order valence-corrected chi connectivity index (χ1v) is 8.22. The second-order valence-electron chi connectivity index (χ2n) is 5.18. The molecule has 0 amide bonds. The Labute approximate surface area is 143 Å². The maximum Gasteiger partial charge on any atom is 0.386 e. The van der Waals surface area contributed by atoms with Crippen LogP contribution in [0.3, 0.4) is 0 Å². The Kier molecular flexibility index (Phi) is 9.62. The molecule has 0 saturated carbocycles. The third kappa shape index (κ3) is 7.58. The van der Waals surface area contributed by atoms with Crippen molar-refractivity contribution in [3.8, 4) is 0 Å². The van der Waals surface area contributed by atoms with Crippen molar-refractivity contribution in [1.82, 2.24) is 0 Å². The van der Waals surface area contributed by atoms with E-state index in [-0.39, 0.29) is 0 Å². The Hall–Kier alpha value is -2.62. The summed E-state index contributed by atoms with van der Waals surface area (Å²) in [4.78, 5) is 31.9. The fraction of sp³-hybridized carbons (Fsp3) is 0.300. The molecule has 4 nitrogen and oxygen atoms in total. The van der Waals surface area contributed by atoms with Gasteiger partial charge in [0.05, 0.1) is 11.1 Å².